The highest BCUT2D eigenvalue weighted by Crippen LogP contribution is 2.49. The van der Waals surface area contributed by atoms with Gasteiger partial charge in [0.1, 0.15) is 11.9 Å². The van der Waals surface area contributed by atoms with Crippen LogP contribution in [-0.2, 0) is 9.59 Å². The number of piperidine rings is 1. The van der Waals surface area contributed by atoms with E-state index in [-0.39, 0.29) is 12.7 Å². The molecule has 0 aliphatic carbocycles. The molecular weight excluding hydrogens is 460 g/mol. The molecule has 0 bridgehead atoms. The van der Waals surface area contributed by atoms with E-state index in [4.69, 9.17) is 14.2 Å². The molecular formula is C28H34N2O6. The summed E-state index contributed by atoms with van der Waals surface area (Å²) in [5.74, 6) is 0.0532. The van der Waals surface area contributed by atoms with Crippen molar-refractivity contribution in [3.05, 3.63) is 53.6 Å². The van der Waals surface area contributed by atoms with Gasteiger partial charge in [-0.2, -0.15) is 0 Å². The predicted octanol–water partition coefficient (Wildman–Crippen LogP) is 4.05. The van der Waals surface area contributed by atoms with Crippen LogP contribution in [0.5, 0.6) is 17.2 Å². The van der Waals surface area contributed by atoms with Gasteiger partial charge in [-0.3, -0.25) is 14.6 Å². The van der Waals surface area contributed by atoms with Crippen molar-refractivity contribution in [2.45, 2.75) is 56.8 Å². The summed E-state index contributed by atoms with van der Waals surface area (Å²) in [5, 5.41) is 10.5. The Bertz CT molecular complexity index is 1090. The molecule has 1 N–H and O–H groups in total. The molecule has 0 spiro atoms. The average Bonchev–Trinajstić information content (AvgIpc) is 3.54. The Morgan fingerprint density at radius 3 is 2.56 bits per heavy atom. The van der Waals surface area contributed by atoms with Gasteiger partial charge in [0.2, 0.25) is 6.79 Å². The number of carbonyl (C=O) groups is 2. The fraction of sp³-hybridized carbons (Fsp3) is 0.500. The first-order chi connectivity index (χ1) is 17.5. The Morgan fingerprint density at radius 1 is 1.11 bits per heavy atom. The van der Waals surface area contributed by atoms with Gasteiger partial charge in [0.15, 0.2) is 17.8 Å². The molecule has 36 heavy (non-hydrogen) atoms. The van der Waals surface area contributed by atoms with Gasteiger partial charge in [0.05, 0.1) is 19.1 Å². The molecule has 5 unspecified atom stereocenters. The third-order valence-corrected chi connectivity index (χ3v) is 8.05. The number of fused-ring (bicyclic) bond motifs is 1. The van der Waals surface area contributed by atoms with Crippen LogP contribution >= 0.6 is 0 Å². The van der Waals surface area contributed by atoms with Crippen molar-refractivity contribution in [2.75, 3.05) is 27.0 Å². The van der Waals surface area contributed by atoms with Gasteiger partial charge < -0.3 is 24.1 Å². The monoisotopic (exact) mass is 494 g/mol. The van der Waals surface area contributed by atoms with Crippen LogP contribution in [-0.4, -0.2) is 66.4 Å². The first-order valence-corrected chi connectivity index (χ1v) is 12.8. The van der Waals surface area contributed by atoms with Crippen LogP contribution in [0.15, 0.2) is 42.5 Å². The van der Waals surface area contributed by atoms with Crippen molar-refractivity contribution in [3.8, 4) is 17.2 Å². The number of benzene rings is 2. The van der Waals surface area contributed by atoms with E-state index in [1.165, 1.54) is 0 Å². The lowest BCUT2D eigenvalue weighted by Crippen LogP contribution is -2.55. The summed E-state index contributed by atoms with van der Waals surface area (Å²) in [6, 6.07) is 13.0. The fourth-order valence-corrected chi connectivity index (χ4v) is 6.27. The first-order valence-electron chi connectivity index (χ1n) is 12.8. The van der Waals surface area contributed by atoms with Crippen LogP contribution in [0, 0.1) is 5.92 Å². The molecule has 8 nitrogen and oxygen atoms in total. The Labute approximate surface area is 211 Å². The van der Waals surface area contributed by atoms with Gasteiger partial charge in [-0.25, -0.2) is 0 Å². The minimum Gasteiger partial charge on any atom is -0.497 e. The van der Waals surface area contributed by atoms with E-state index in [9.17, 15) is 14.7 Å². The maximum Gasteiger partial charge on any atom is 0.309 e. The number of hydrogen-bond donors (Lipinski definition) is 1. The summed E-state index contributed by atoms with van der Waals surface area (Å²) in [5.41, 5.74) is 1.74. The van der Waals surface area contributed by atoms with Crippen LogP contribution < -0.4 is 14.2 Å². The van der Waals surface area contributed by atoms with E-state index < -0.39 is 24.1 Å². The molecule has 0 aromatic heterocycles. The van der Waals surface area contributed by atoms with Crippen molar-refractivity contribution >= 4 is 12.3 Å². The normalized spacial score (nSPS) is 27.1. The lowest BCUT2D eigenvalue weighted by Gasteiger charge is -2.44. The lowest BCUT2D eigenvalue weighted by atomic mass is 9.82. The SMILES string of the molecule is CCC1CCCCN1C(C=O)N1CC(c2ccc3c(c2)OCO3)C(C(=O)O)C1c1ccc(OC)cc1. The summed E-state index contributed by atoms with van der Waals surface area (Å²) in [6.07, 6.45) is 4.71. The highest BCUT2D eigenvalue weighted by atomic mass is 16.7. The summed E-state index contributed by atoms with van der Waals surface area (Å²) in [7, 11) is 1.61. The third kappa shape index (κ3) is 4.44. The molecule has 2 saturated heterocycles. The number of rotatable bonds is 8. The van der Waals surface area contributed by atoms with Crippen molar-refractivity contribution in [2.24, 2.45) is 5.92 Å². The van der Waals surface area contributed by atoms with Crippen LogP contribution in [0.25, 0.3) is 0 Å². The zero-order chi connectivity index (χ0) is 25.2. The molecule has 3 aliphatic heterocycles. The average molecular weight is 495 g/mol. The Hall–Kier alpha value is -3.10. The molecule has 2 fully saturated rings. The topological polar surface area (TPSA) is 88.5 Å². The molecule has 0 amide bonds. The minimum atomic E-state index is -0.878. The summed E-state index contributed by atoms with van der Waals surface area (Å²) in [6.45, 7) is 3.60. The Morgan fingerprint density at radius 2 is 1.86 bits per heavy atom. The molecule has 0 saturated carbocycles. The molecule has 8 heteroatoms. The summed E-state index contributed by atoms with van der Waals surface area (Å²) < 4.78 is 16.4. The quantitative estimate of drug-likeness (QED) is 0.550. The van der Waals surface area contributed by atoms with Gasteiger partial charge in [-0.05, 0) is 54.7 Å². The number of carbonyl (C=O) groups excluding carboxylic acids is 1. The van der Waals surface area contributed by atoms with Gasteiger partial charge in [-0.15, -0.1) is 0 Å². The minimum absolute atomic E-state index is 0.160. The maximum absolute atomic E-state index is 12.9. The number of aldehydes is 1. The fourth-order valence-electron chi connectivity index (χ4n) is 6.27. The Balaban J connectivity index is 1.58. The number of aliphatic carboxylic acids is 1. The molecule has 3 heterocycles. The largest absolute Gasteiger partial charge is 0.497 e. The number of carboxylic acids is 1. The molecule has 3 aliphatic rings. The van der Waals surface area contributed by atoms with Gasteiger partial charge in [-0.1, -0.05) is 31.5 Å². The number of likely N-dealkylation sites (tertiary alicyclic amines) is 2. The first kappa shape index (κ1) is 24.6. The van der Waals surface area contributed by atoms with Crippen molar-refractivity contribution < 1.29 is 28.9 Å². The second kappa shape index (κ2) is 10.5. The smallest absolute Gasteiger partial charge is 0.309 e. The van der Waals surface area contributed by atoms with Gasteiger partial charge in [0, 0.05) is 25.0 Å². The van der Waals surface area contributed by atoms with Crippen molar-refractivity contribution in [1.29, 1.82) is 0 Å². The number of nitrogens with zero attached hydrogens (tertiary/aromatic N) is 2. The molecule has 2 aromatic rings. The van der Waals surface area contributed by atoms with Gasteiger partial charge in [0.25, 0.3) is 0 Å². The van der Waals surface area contributed by atoms with Crippen LogP contribution in [0.2, 0.25) is 0 Å². The van der Waals surface area contributed by atoms with E-state index >= 15 is 0 Å². The zero-order valence-corrected chi connectivity index (χ0v) is 20.8. The number of carboxylic acid groups (broad SMARTS) is 1. The zero-order valence-electron chi connectivity index (χ0n) is 20.8. The van der Waals surface area contributed by atoms with Crippen LogP contribution in [0.3, 0.4) is 0 Å². The van der Waals surface area contributed by atoms with Crippen molar-refractivity contribution in [3.63, 3.8) is 0 Å². The lowest BCUT2D eigenvalue weighted by molar-refractivity contribution is -0.144. The van der Waals surface area contributed by atoms with Crippen LogP contribution in [0.1, 0.15) is 55.7 Å². The van der Waals surface area contributed by atoms with E-state index in [1.807, 2.05) is 42.5 Å². The highest BCUT2D eigenvalue weighted by Gasteiger charge is 2.51. The van der Waals surface area contributed by atoms with E-state index in [1.54, 1.807) is 7.11 Å². The standard InChI is InChI=1S/C28H34N2O6/c1-3-20-6-4-5-13-29(20)25(16-31)30-15-22(19-9-12-23-24(14-19)36-17-35-23)26(28(32)33)27(30)18-7-10-21(34-2)11-8-18/h7-12,14,16,20,22,25-27H,3-6,13,15,17H2,1-2H3,(H,32,33). The molecule has 2 aromatic carbocycles. The van der Waals surface area contributed by atoms with Gasteiger partial charge >= 0.3 is 5.97 Å². The predicted molar refractivity (Wildman–Crippen MR) is 133 cm³/mol. The number of hydrogen-bond acceptors (Lipinski definition) is 7. The second-order valence-electron chi connectivity index (χ2n) is 9.84. The third-order valence-electron chi connectivity index (χ3n) is 8.05. The Kier molecular flexibility index (Phi) is 7.16. The van der Waals surface area contributed by atoms with Crippen molar-refractivity contribution in [1.82, 2.24) is 9.80 Å². The van der Waals surface area contributed by atoms with E-state index in [0.717, 1.165) is 49.6 Å². The van der Waals surface area contributed by atoms with Crippen LogP contribution in [0.4, 0.5) is 0 Å². The van der Waals surface area contributed by atoms with E-state index in [0.29, 0.717) is 29.8 Å². The summed E-state index contributed by atoms with van der Waals surface area (Å²) in [4.78, 5) is 30.0. The molecule has 5 rings (SSSR count). The highest BCUT2D eigenvalue weighted by molar-refractivity contribution is 5.74. The summed E-state index contributed by atoms with van der Waals surface area (Å²) >= 11 is 0. The van der Waals surface area contributed by atoms with E-state index in [2.05, 4.69) is 16.7 Å². The maximum atomic E-state index is 12.9. The molecule has 0 radical (unpaired) electrons. The second-order valence-corrected chi connectivity index (χ2v) is 9.84. The number of ether oxygens (including phenoxy) is 3. The molecule has 5 atom stereocenters. The molecule has 192 valence electrons. The number of methoxy groups -OCH3 is 1.